The van der Waals surface area contributed by atoms with Crippen molar-refractivity contribution in [1.82, 2.24) is 79.0 Å². The van der Waals surface area contributed by atoms with E-state index in [4.69, 9.17) is 74.8 Å². The molecule has 0 radical (unpaired) electrons. The maximum atomic E-state index is 6.13. The van der Waals surface area contributed by atoms with Crippen molar-refractivity contribution in [3.63, 3.8) is 0 Å². The van der Waals surface area contributed by atoms with Gasteiger partial charge >= 0.3 is 177 Å². The van der Waals surface area contributed by atoms with Crippen LogP contribution in [0, 0.1) is 21.2 Å². The van der Waals surface area contributed by atoms with E-state index in [0.29, 0.717) is 55.5 Å². The van der Waals surface area contributed by atoms with Crippen molar-refractivity contribution in [2.24, 2.45) is 4.99 Å². The second kappa shape index (κ2) is 43.9. The Morgan fingerprint density at radius 3 is 1.20 bits per heavy atom. The molecule has 5 aliphatic heterocycles. The average Bonchev–Trinajstić information content (AvgIpc) is 1.61. The van der Waals surface area contributed by atoms with Gasteiger partial charge in [0.25, 0.3) is 0 Å². The number of benzene rings is 4. The number of nitrogens with one attached hydrogen (secondary N) is 4. The van der Waals surface area contributed by atoms with Gasteiger partial charge in [0, 0.05) is 100 Å². The molecule has 33 heteroatoms. The van der Waals surface area contributed by atoms with Gasteiger partial charge in [-0.15, -0.1) is 0 Å². The summed E-state index contributed by atoms with van der Waals surface area (Å²) in [4.78, 5) is 47.9. The summed E-state index contributed by atoms with van der Waals surface area (Å²) in [6.45, 7) is 13.9. The van der Waals surface area contributed by atoms with Crippen LogP contribution in [0.25, 0.3) is 55.0 Å². The van der Waals surface area contributed by atoms with Crippen LogP contribution in [0.15, 0.2) is 194 Å². The van der Waals surface area contributed by atoms with Crippen molar-refractivity contribution in [2.45, 2.75) is 137 Å². The van der Waals surface area contributed by atoms with Gasteiger partial charge < -0.3 is 44.4 Å². The van der Waals surface area contributed by atoms with Crippen molar-refractivity contribution in [3.05, 3.63) is 252 Å². The number of hydrogen-bond donors (Lipinski definition) is 4. The summed E-state index contributed by atoms with van der Waals surface area (Å²) in [6, 6.07) is 50.1. The summed E-state index contributed by atoms with van der Waals surface area (Å²) in [5.74, 6) is 7.08. The van der Waals surface area contributed by atoms with E-state index in [1.165, 1.54) is 31.3 Å². The minimum absolute atomic E-state index is 0.326. The van der Waals surface area contributed by atoms with Crippen LogP contribution >= 0.6 is 56.8 Å². The first-order chi connectivity index (χ1) is 63.4. The monoisotopic (exact) mass is 2100 g/mol. The van der Waals surface area contributed by atoms with Gasteiger partial charge in [-0.25, -0.2) is 29.9 Å². The van der Waals surface area contributed by atoms with Gasteiger partial charge in [0.15, 0.2) is 0 Å². The fourth-order valence-corrected chi connectivity index (χ4v) is 22.4. The third-order valence-corrected chi connectivity index (χ3v) is 30.2. The van der Waals surface area contributed by atoms with Gasteiger partial charge in [0.2, 0.25) is 0 Å². The van der Waals surface area contributed by atoms with Crippen LogP contribution in [0.1, 0.15) is 102 Å². The molecule has 4 fully saturated rings. The summed E-state index contributed by atoms with van der Waals surface area (Å²) >= 11 is 8.14. The van der Waals surface area contributed by atoms with Crippen LogP contribution < -0.4 is 43.9 Å². The molecule has 0 spiro atoms. The summed E-state index contributed by atoms with van der Waals surface area (Å²) in [5, 5.41) is 38.6. The number of aromatic nitrogens is 16. The van der Waals surface area contributed by atoms with Crippen LogP contribution in [-0.4, -0.2) is 209 Å². The van der Waals surface area contributed by atoms with Crippen LogP contribution in [-0.2, 0) is 51.7 Å². The van der Waals surface area contributed by atoms with Gasteiger partial charge in [-0.3, -0.25) is 24.0 Å². The van der Waals surface area contributed by atoms with Crippen molar-refractivity contribution in [2.75, 3.05) is 103 Å². The van der Waals surface area contributed by atoms with Gasteiger partial charge in [-0.1, -0.05) is 48.0 Å². The van der Waals surface area contributed by atoms with E-state index in [-0.39, 0.29) is 0 Å². The number of aryl methyl sites for hydroxylation is 2. The maximum absolute atomic E-state index is 6.13. The second-order valence-electron chi connectivity index (χ2n) is 33.5. The first-order valence-corrected chi connectivity index (χ1v) is 56.5. The van der Waals surface area contributed by atoms with Crippen molar-refractivity contribution in [1.29, 1.82) is 0 Å². The first-order valence-electron chi connectivity index (χ1n) is 43.9. The molecule has 0 saturated carbocycles. The van der Waals surface area contributed by atoms with Gasteiger partial charge in [-0.05, 0) is 204 Å². The molecule has 0 bridgehead atoms. The summed E-state index contributed by atoms with van der Waals surface area (Å²) in [6.07, 6.45) is 20.6. The molecular weight excluding hydrogens is 2000 g/mol. The minimum atomic E-state index is -2.47. The number of halogens is 3. The van der Waals surface area contributed by atoms with E-state index in [1.807, 2.05) is 143 Å². The number of pyridine rings is 6. The smallest absolute Gasteiger partial charge is 0.141 e. The van der Waals surface area contributed by atoms with Crippen molar-refractivity contribution in [3.8, 4) is 34.4 Å². The Bertz CT molecular complexity index is 6350. The topological polar surface area (TPSA) is 309 Å². The van der Waals surface area contributed by atoms with Gasteiger partial charge in [0.05, 0.1) is 97.3 Å². The Kier molecular flexibility index (Phi) is 31.3. The fourth-order valence-electron chi connectivity index (χ4n) is 16.4. The molecule has 5 aliphatic rings. The first kappa shape index (κ1) is 92.5. The fraction of sp³-hybridized carbons (Fsp3) is 0.351. The predicted molar refractivity (Wildman–Crippen MR) is 530 cm³/mol. The van der Waals surface area contributed by atoms with E-state index < -0.39 is 18.4 Å². The number of fused-ring (bicyclic) bond motifs is 5. The van der Waals surface area contributed by atoms with Crippen molar-refractivity contribution < 1.29 is 37.9 Å². The van der Waals surface area contributed by atoms with E-state index in [1.54, 1.807) is 41.0 Å². The molecule has 4 saturated heterocycles. The molecule has 130 heavy (non-hydrogen) atoms. The van der Waals surface area contributed by atoms with Crippen LogP contribution in [0.5, 0.6) is 23.0 Å². The molecule has 4 aromatic carbocycles. The van der Waals surface area contributed by atoms with Gasteiger partial charge in [0.1, 0.15) is 59.3 Å². The van der Waals surface area contributed by atoms with E-state index >= 15 is 0 Å². The molecule has 15 aromatic rings. The number of methoxy groups -OCH3 is 4. The zero-order valence-corrected chi connectivity index (χ0v) is 82.5. The van der Waals surface area contributed by atoms with E-state index in [9.17, 15) is 0 Å². The predicted octanol–water partition coefficient (Wildman–Crippen LogP) is 17.6. The number of hydrogen-bond acceptors (Lipinski definition) is 25. The SMILES string of the molecule is COc1ccc(Cn2n[c]([Sn]([CH3])([CH3])[CH3])c3c(NC4CCOCC4)nccc32)cc1.COc1ccc(Cn2nc(-c3cc(C)ncn3)c3c(NC4CCOCC4)nccc32)cc1.COc1ccc(Cn2nc(I)c3c(Cl)nccc32)cc1.COc1ccc(Cn2nc(I)c3c(NC4CCOCC4)nccc32)cc1.Cc1ccnc(C2=NCc3ccnc(NC4CCOCC4)c32)c1. The Morgan fingerprint density at radius 2 is 0.762 bits per heavy atom. The quantitative estimate of drug-likeness (QED) is 0.0263. The molecule has 4 N–H and O–H groups in total. The summed E-state index contributed by atoms with van der Waals surface area (Å²) in [5.41, 5.74) is 16.8. The number of nitrogens with zero attached hydrogens (tertiary/aromatic N) is 17. The third-order valence-electron chi connectivity index (χ3n) is 23.3. The molecule has 0 aliphatic carbocycles. The molecule has 11 aromatic heterocycles. The molecule has 674 valence electrons. The number of anilines is 4. The third kappa shape index (κ3) is 23.0. The molecular formula is C97H108ClI2N21O8Sn. The Labute approximate surface area is 792 Å². The Balaban J connectivity index is 0.000000120. The van der Waals surface area contributed by atoms with Crippen LogP contribution in [0.4, 0.5) is 23.3 Å². The Hall–Kier alpha value is -10.8. The minimum Gasteiger partial charge on any atom is -0.497 e. The standard InChI is InChI=1S/C24H26N6O2.C19H21IN4O2.C19H21N4O2.C18H20N4O.C14H11ClIN3O.3CH3.Sn/c1-16-13-20(27-15-26-16)23-22-21(7-10-25-24(22)28-18-8-11-32-12-9-18)30(29-23)14-17-3-5-19(31-2)6-4-17;1-25-15-4-2-13(3-5-15)12-24-16-6-9-21-19(17(16)18(20)23-24)22-14-7-10-26-11-8-14;1-24-16-4-2-14(3-5-16)13-23-18-6-9-20-19(17(18)12-21-23)22-15-7-10-25-11-8-15;1-12-2-6-19-15(10-12)17-16-13(11-21-17)3-7-20-18(16)22-14-4-8-23-9-5-14;1-20-10-4-2-9(3-5-10)8-19-11-6-7-17-13(15)12(11)14(16)18-19;;;;/h3-7,10,13,15,18H,8-9,11-12,14H2,1-2H3,(H,25,28);2-6,9,14H,7-8,10-12H2,1H3,(H,21,22);2-6,9,15H,7-8,10-11,13H2,1H3,(H,20,22);2-3,6-7,10,14H,4-5,8-9,11H2,1H3,(H,20,22);2-7H,8H2,1H3;3*1H3;. The molecule has 0 unspecified atom stereocenters. The summed E-state index contributed by atoms with van der Waals surface area (Å²) < 4.78 is 54.1. The van der Waals surface area contributed by atoms with Crippen LogP contribution in [0.2, 0.25) is 20.0 Å². The zero-order valence-electron chi connectivity index (χ0n) is 74.6. The molecule has 0 amide bonds. The normalized spacial score (nSPS) is 14.9. The van der Waals surface area contributed by atoms with Gasteiger partial charge in [-0.2, -0.15) is 15.3 Å². The second-order valence-corrected chi connectivity index (χ2v) is 50.1. The van der Waals surface area contributed by atoms with Crippen LogP contribution in [0.3, 0.4) is 0 Å². The van der Waals surface area contributed by atoms with E-state index in [2.05, 4.69) is 187 Å². The largest absolute Gasteiger partial charge is 0.497 e. The number of rotatable bonds is 23. The molecule has 29 nitrogen and oxygen atoms in total. The number of ether oxygens (including phenoxy) is 8. The summed E-state index contributed by atoms with van der Waals surface area (Å²) in [7, 11) is 6.70. The molecule has 0 atom stereocenters. The maximum Gasteiger partial charge on any atom is 0.141 e. The average molecular weight is 2100 g/mol. The number of aliphatic imine (C=N–C) groups is 1. The zero-order chi connectivity index (χ0) is 90.0. The molecule has 20 rings (SSSR count). The Morgan fingerprint density at radius 1 is 0.392 bits per heavy atom. The van der Waals surface area contributed by atoms with E-state index in [0.717, 1.165) is 248 Å². The van der Waals surface area contributed by atoms with Crippen molar-refractivity contribution >= 4 is 151 Å². The molecule has 16 heterocycles.